The molecule has 0 unspecified atom stereocenters. The Balaban J connectivity index is 1.43. The second kappa shape index (κ2) is 9.74. The molecule has 0 bridgehead atoms. The second-order valence-electron chi connectivity index (χ2n) is 8.77. The minimum absolute atomic E-state index is 0.119. The zero-order chi connectivity index (χ0) is 22.7. The van der Waals surface area contributed by atoms with E-state index in [0.717, 1.165) is 36.5 Å². The Morgan fingerprint density at radius 3 is 2.34 bits per heavy atom. The van der Waals surface area contributed by atoms with Crippen LogP contribution in [-0.2, 0) is 11.8 Å². The maximum atomic E-state index is 13.4. The summed E-state index contributed by atoms with van der Waals surface area (Å²) in [5.41, 5.74) is 2.25. The molecule has 1 N–H and O–H groups in total. The van der Waals surface area contributed by atoms with Crippen molar-refractivity contribution in [2.75, 3.05) is 18.4 Å². The van der Waals surface area contributed by atoms with Crippen molar-refractivity contribution in [2.45, 2.75) is 38.6 Å². The van der Waals surface area contributed by atoms with E-state index in [2.05, 4.69) is 41.4 Å². The molecule has 1 atom stereocenters. The predicted octanol–water partition coefficient (Wildman–Crippen LogP) is 4.98. The van der Waals surface area contributed by atoms with Crippen LogP contribution in [0, 0.1) is 5.92 Å². The first-order chi connectivity index (χ1) is 15.4. The zero-order valence-electron chi connectivity index (χ0n) is 18.8. The van der Waals surface area contributed by atoms with Gasteiger partial charge in [-0.15, -0.1) is 5.10 Å². The van der Waals surface area contributed by atoms with Crippen molar-refractivity contribution in [3.63, 3.8) is 0 Å². The van der Waals surface area contributed by atoms with Crippen LogP contribution in [0.25, 0.3) is 11.4 Å². The number of carbonyl (C=O) groups excluding carboxylic acids is 1. The molecule has 1 aliphatic heterocycles. The number of likely N-dealkylation sites (tertiary alicyclic amines) is 1. The van der Waals surface area contributed by atoms with Gasteiger partial charge in [-0.1, -0.05) is 67.9 Å². The smallest absolute Gasteiger partial charge is 0.245 e. The third kappa shape index (κ3) is 4.96. The Hall–Kier alpha value is -2.86. The van der Waals surface area contributed by atoms with Gasteiger partial charge in [-0.2, -0.15) is 4.98 Å². The molecule has 0 saturated carbocycles. The maximum Gasteiger partial charge on any atom is 0.245 e. The number of hydrogen-bond donors (Lipinski definition) is 1. The molecular weight excluding hydrogens is 422 g/mol. The lowest BCUT2D eigenvalue weighted by atomic mass is 9.89. The molecule has 32 heavy (non-hydrogen) atoms. The van der Waals surface area contributed by atoms with E-state index in [1.54, 1.807) is 4.68 Å². The first-order valence-corrected chi connectivity index (χ1v) is 11.6. The molecular formula is C25H30ClN5O. The van der Waals surface area contributed by atoms with Crippen LogP contribution >= 0.6 is 11.6 Å². The Morgan fingerprint density at radius 2 is 1.72 bits per heavy atom. The molecule has 7 heteroatoms. The van der Waals surface area contributed by atoms with E-state index < -0.39 is 0 Å². The van der Waals surface area contributed by atoms with Crippen molar-refractivity contribution in [1.82, 2.24) is 19.7 Å². The Bertz CT molecular complexity index is 1040. The number of amides is 1. The van der Waals surface area contributed by atoms with Crippen LogP contribution in [0.2, 0.25) is 5.02 Å². The van der Waals surface area contributed by atoms with Gasteiger partial charge in [0, 0.05) is 30.7 Å². The number of aromatic nitrogens is 3. The summed E-state index contributed by atoms with van der Waals surface area (Å²) >= 11 is 6.02. The van der Waals surface area contributed by atoms with E-state index in [9.17, 15) is 4.79 Å². The van der Waals surface area contributed by atoms with Crippen LogP contribution in [0.5, 0.6) is 0 Å². The molecule has 0 radical (unpaired) electrons. The van der Waals surface area contributed by atoms with Gasteiger partial charge in [0.2, 0.25) is 11.9 Å². The lowest BCUT2D eigenvalue weighted by molar-refractivity contribution is -0.134. The molecule has 0 spiro atoms. The van der Waals surface area contributed by atoms with Gasteiger partial charge in [-0.05, 0) is 42.4 Å². The number of halogens is 1. The summed E-state index contributed by atoms with van der Waals surface area (Å²) in [6.07, 6.45) is 1.92. The van der Waals surface area contributed by atoms with Crippen LogP contribution in [0.3, 0.4) is 0 Å². The fourth-order valence-corrected chi connectivity index (χ4v) is 4.36. The van der Waals surface area contributed by atoms with Gasteiger partial charge in [0.1, 0.15) is 6.04 Å². The minimum Gasteiger partial charge on any atom is -0.342 e. The third-order valence-electron chi connectivity index (χ3n) is 6.16. The van der Waals surface area contributed by atoms with Crippen molar-refractivity contribution in [3.05, 3.63) is 65.2 Å². The summed E-state index contributed by atoms with van der Waals surface area (Å²) in [6, 6.07) is 17.6. The van der Waals surface area contributed by atoms with Gasteiger partial charge in [0.25, 0.3) is 0 Å². The molecule has 0 aliphatic carbocycles. The van der Waals surface area contributed by atoms with Crippen molar-refractivity contribution < 1.29 is 4.79 Å². The molecule has 1 aliphatic rings. The monoisotopic (exact) mass is 451 g/mol. The summed E-state index contributed by atoms with van der Waals surface area (Å²) in [4.78, 5) is 20.0. The van der Waals surface area contributed by atoms with Gasteiger partial charge in [0.05, 0.1) is 0 Å². The van der Waals surface area contributed by atoms with Gasteiger partial charge in [-0.3, -0.25) is 4.79 Å². The molecule has 2 aromatic carbocycles. The van der Waals surface area contributed by atoms with Crippen LogP contribution in [0.1, 0.15) is 38.2 Å². The van der Waals surface area contributed by atoms with Crippen molar-refractivity contribution in [3.8, 4) is 11.4 Å². The van der Waals surface area contributed by atoms with Crippen LogP contribution < -0.4 is 5.32 Å². The average Bonchev–Trinajstić information content (AvgIpc) is 3.18. The summed E-state index contributed by atoms with van der Waals surface area (Å²) in [5.74, 6) is 1.96. The average molecular weight is 452 g/mol. The summed E-state index contributed by atoms with van der Waals surface area (Å²) in [7, 11) is 1.85. The second-order valence-corrected chi connectivity index (χ2v) is 9.20. The predicted molar refractivity (Wildman–Crippen MR) is 129 cm³/mol. The van der Waals surface area contributed by atoms with Gasteiger partial charge in [-0.25, -0.2) is 4.68 Å². The molecule has 6 nitrogen and oxygen atoms in total. The first-order valence-electron chi connectivity index (χ1n) is 11.2. The lowest BCUT2D eigenvalue weighted by Crippen LogP contribution is -2.48. The van der Waals surface area contributed by atoms with Crippen molar-refractivity contribution >= 4 is 23.5 Å². The van der Waals surface area contributed by atoms with E-state index >= 15 is 0 Å². The summed E-state index contributed by atoms with van der Waals surface area (Å²) in [6.45, 7) is 5.63. The normalized spacial score (nSPS) is 15.7. The number of hydrogen-bond acceptors (Lipinski definition) is 4. The number of anilines is 1. The molecule has 1 fully saturated rings. The van der Waals surface area contributed by atoms with Crippen LogP contribution in [0.15, 0.2) is 54.6 Å². The molecule has 168 valence electrons. The van der Waals surface area contributed by atoms with Gasteiger partial charge >= 0.3 is 0 Å². The summed E-state index contributed by atoms with van der Waals surface area (Å²) in [5, 5.41) is 8.65. The maximum absolute atomic E-state index is 13.4. The lowest BCUT2D eigenvalue weighted by Gasteiger charge is -2.35. The Labute approximate surface area is 194 Å². The molecule has 1 aromatic heterocycles. The molecule has 4 rings (SSSR count). The van der Waals surface area contributed by atoms with E-state index in [0.29, 0.717) is 17.7 Å². The Kier molecular flexibility index (Phi) is 6.80. The third-order valence-corrected chi connectivity index (χ3v) is 6.41. The zero-order valence-corrected chi connectivity index (χ0v) is 19.6. The highest BCUT2D eigenvalue weighted by Crippen LogP contribution is 2.29. The highest BCUT2D eigenvalue weighted by Gasteiger charge is 2.31. The van der Waals surface area contributed by atoms with Gasteiger partial charge < -0.3 is 10.2 Å². The van der Waals surface area contributed by atoms with E-state index in [4.69, 9.17) is 11.6 Å². The number of nitrogens with one attached hydrogen (secondary N) is 1. The van der Waals surface area contributed by atoms with Crippen LogP contribution in [-0.4, -0.2) is 44.7 Å². The number of aryl methyl sites for hydroxylation is 1. The molecule has 1 amide bonds. The highest BCUT2D eigenvalue weighted by atomic mass is 35.5. The number of rotatable bonds is 6. The molecule has 2 heterocycles. The standard InChI is InChI=1S/C25H30ClN5O/c1-17(2)22(27-25-28-23(29-30(25)3)20-7-5-4-6-8-20)24(32)31-15-13-19(14-16-31)18-9-11-21(26)12-10-18/h4-12,17,19,22H,13-16H2,1-3H3,(H,27,28,29)/t22-/m1/s1. The molecule has 3 aromatic rings. The number of benzene rings is 2. The molecule has 1 saturated heterocycles. The fraction of sp³-hybridized carbons (Fsp3) is 0.400. The minimum atomic E-state index is -0.353. The SMILES string of the molecule is CC(C)[C@@H](Nc1nc(-c2ccccc2)nn1C)C(=O)N1CCC(c2ccc(Cl)cc2)CC1. The largest absolute Gasteiger partial charge is 0.342 e. The quantitative estimate of drug-likeness (QED) is 0.574. The van der Waals surface area contributed by atoms with Crippen LogP contribution in [0.4, 0.5) is 5.95 Å². The van der Waals surface area contributed by atoms with E-state index in [1.807, 2.05) is 54.4 Å². The number of carbonyl (C=O) groups is 1. The van der Waals surface area contributed by atoms with E-state index in [1.165, 1.54) is 5.56 Å². The highest BCUT2D eigenvalue weighted by molar-refractivity contribution is 6.30. The fourth-order valence-electron chi connectivity index (χ4n) is 4.24. The van der Waals surface area contributed by atoms with Crippen molar-refractivity contribution in [1.29, 1.82) is 0 Å². The topological polar surface area (TPSA) is 63.1 Å². The van der Waals surface area contributed by atoms with E-state index in [-0.39, 0.29) is 17.9 Å². The summed E-state index contributed by atoms with van der Waals surface area (Å²) < 4.78 is 1.71. The van der Waals surface area contributed by atoms with Gasteiger partial charge in [0.15, 0.2) is 5.82 Å². The first kappa shape index (κ1) is 22.3. The Morgan fingerprint density at radius 1 is 1.06 bits per heavy atom. The number of piperidine rings is 1. The number of nitrogens with zero attached hydrogens (tertiary/aromatic N) is 4. The van der Waals surface area contributed by atoms with Crippen molar-refractivity contribution in [2.24, 2.45) is 13.0 Å².